The molecule has 0 spiro atoms. The van der Waals surface area contributed by atoms with Crippen LogP contribution in [0, 0.1) is 0 Å². The zero-order valence-electron chi connectivity index (χ0n) is 38.7. The Balaban J connectivity index is 1.06. The van der Waals surface area contributed by atoms with Crippen molar-refractivity contribution in [2.24, 2.45) is 0 Å². The highest BCUT2D eigenvalue weighted by Crippen LogP contribution is 2.41. The number of fused-ring (bicyclic) bond motifs is 3. The Kier molecular flexibility index (Phi) is 6.86. The summed E-state index contributed by atoms with van der Waals surface area (Å²) in [5, 5.41) is 2.00. The molecule has 3 nitrogen and oxygen atoms in total. The minimum absolute atomic E-state index is 0.0981. The fourth-order valence-corrected chi connectivity index (χ4v) is 7.43. The van der Waals surface area contributed by atoms with Gasteiger partial charge in [-0.25, -0.2) is 0 Å². The summed E-state index contributed by atoms with van der Waals surface area (Å²) in [6.07, 6.45) is 0. The van der Waals surface area contributed by atoms with E-state index in [1.54, 1.807) is 34.1 Å². The van der Waals surface area contributed by atoms with Gasteiger partial charge < -0.3 is 14.4 Å². The molecule has 0 amide bonds. The van der Waals surface area contributed by atoms with Gasteiger partial charge in [-0.3, -0.25) is 0 Å². The third-order valence-electron chi connectivity index (χ3n) is 10.1. The molecule has 0 radical (unpaired) electrons. The maximum absolute atomic E-state index is 9.49. The van der Waals surface area contributed by atoms with Gasteiger partial charge in [-0.15, -0.1) is 0 Å². The van der Waals surface area contributed by atoms with Crippen molar-refractivity contribution in [2.45, 2.75) is 0 Å². The van der Waals surface area contributed by atoms with Crippen molar-refractivity contribution in [1.29, 1.82) is 0 Å². The molecule has 270 valence electrons. The molecule has 9 aromatic carbocycles. The van der Waals surface area contributed by atoms with Crippen molar-refractivity contribution in [3.05, 3.63) is 236 Å². The van der Waals surface area contributed by atoms with Crippen LogP contribution in [0.15, 0.2) is 236 Å². The molecule has 0 unspecified atom stereocenters. The van der Waals surface area contributed by atoms with Gasteiger partial charge in [-0.2, -0.15) is 0 Å². The lowest BCUT2D eigenvalue weighted by Crippen LogP contribution is -2.09. The van der Waals surface area contributed by atoms with Gasteiger partial charge in [0.05, 0.1) is 22.0 Å². The predicted molar refractivity (Wildman–Crippen MR) is 241 cm³/mol. The van der Waals surface area contributed by atoms with E-state index >= 15 is 0 Å². The van der Waals surface area contributed by atoms with Crippen LogP contribution in [0.1, 0.15) is 11.0 Å². The summed E-state index contributed by atoms with van der Waals surface area (Å²) in [5.41, 5.74) is 6.97. The van der Waals surface area contributed by atoms with Crippen molar-refractivity contribution >= 4 is 55.9 Å². The first-order valence-corrected chi connectivity index (χ1v) is 18.8. The first-order chi connectivity index (χ1) is 31.6. The molecule has 3 heteroatoms. The summed E-state index contributed by atoms with van der Waals surface area (Å²) in [6.45, 7) is 0. The Morgan fingerprint density at radius 3 is 1.19 bits per heavy atom. The lowest BCUT2D eigenvalue weighted by atomic mass is 9.99. The molecule has 0 fully saturated rings. The Labute approximate surface area is 344 Å². The highest BCUT2D eigenvalue weighted by atomic mass is 15.1. The summed E-state index contributed by atoms with van der Waals surface area (Å²) in [6, 6.07) is 57.2. The number of benzene rings is 9. The number of nitrogens with zero attached hydrogens (tertiary/aromatic N) is 3. The maximum atomic E-state index is 9.49. The van der Waals surface area contributed by atoms with Gasteiger partial charge in [0.1, 0.15) is 0 Å². The summed E-state index contributed by atoms with van der Waals surface area (Å²) in [5.74, 6) is 0. The van der Waals surface area contributed by atoms with Crippen LogP contribution in [0.4, 0.5) is 34.1 Å². The van der Waals surface area contributed by atoms with Crippen molar-refractivity contribution in [1.82, 2.24) is 4.57 Å². The van der Waals surface area contributed by atoms with E-state index in [9.17, 15) is 8.22 Å². The zero-order chi connectivity index (χ0) is 44.9. The Morgan fingerprint density at radius 1 is 0.298 bits per heavy atom. The third kappa shape index (κ3) is 6.52. The molecule has 0 aliphatic heterocycles. The quantitative estimate of drug-likeness (QED) is 0.146. The van der Waals surface area contributed by atoms with Crippen molar-refractivity contribution < 1.29 is 11.0 Å². The first-order valence-electron chi connectivity index (χ1n) is 22.8. The fourth-order valence-electron chi connectivity index (χ4n) is 7.43. The van der Waals surface area contributed by atoms with E-state index in [1.807, 2.05) is 140 Å². The molecular weight excluding hydrogens is 691 g/mol. The summed E-state index contributed by atoms with van der Waals surface area (Å²) in [7, 11) is 0. The Bertz CT molecular complexity index is 3300. The normalized spacial score (nSPS) is 13.1. The predicted octanol–water partition coefficient (Wildman–Crippen LogP) is 15.1. The van der Waals surface area contributed by atoms with Gasteiger partial charge in [0, 0.05) is 50.6 Å². The first kappa shape index (κ1) is 26.2. The largest absolute Gasteiger partial charge is 0.311 e. The van der Waals surface area contributed by atoms with Crippen LogP contribution >= 0.6 is 0 Å². The van der Waals surface area contributed by atoms with Gasteiger partial charge in [-0.1, -0.05) is 139 Å². The average Bonchev–Trinajstić information content (AvgIpc) is 3.68. The monoisotopic (exact) mass is 737 g/mol. The van der Waals surface area contributed by atoms with Crippen LogP contribution in [-0.2, 0) is 0 Å². The highest BCUT2D eigenvalue weighted by Gasteiger charge is 2.18. The van der Waals surface area contributed by atoms with Crippen LogP contribution in [0.2, 0.25) is 0 Å². The molecule has 0 saturated carbocycles. The lowest BCUT2D eigenvalue weighted by molar-refractivity contribution is 1.18. The zero-order valence-corrected chi connectivity index (χ0v) is 30.7. The van der Waals surface area contributed by atoms with Crippen LogP contribution in [0.5, 0.6) is 0 Å². The van der Waals surface area contributed by atoms with Gasteiger partial charge in [0.15, 0.2) is 0 Å². The maximum Gasteiger partial charge on any atom is 0.0645 e. The van der Waals surface area contributed by atoms with Gasteiger partial charge >= 0.3 is 0 Å². The molecular formula is C54H39N3. The number of hydrogen-bond acceptors (Lipinski definition) is 2. The average molecular weight is 738 g/mol. The van der Waals surface area contributed by atoms with Gasteiger partial charge in [0.2, 0.25) is 0 Å². The van der Waals surface area contributed by atoms with Crippen LogP contribution in [0.25, 0.3) is 49.7 Å². The SMILES string of the molecule is [2H]c1c([2H])c(N(c2ccccc2)c2ccccc2)c([2H])c([2H])c1-c1ccc(-c2c([2H])c([2H])c(N(c3ccccc3)c3ccc4c(c3)c3ccccc3n4-c3ccccc3)c([2H])c2[2H])cc1. The molecule has 0 aliphatic carbocycles. The standard InChI is InChI=1S/C54H39N3/c1-5-15-44(16-6-1)55(45-17-7-2-8-18-45)48-33-29-42(30-34-48)40-25-27-41(28-26-40)43-31-35-49(36-32-43)56(46-19-9-3-10-20-46)50-37-38-54-52(39-50)51-23-13-14-24-53(51)57(54)47-21-11-4-12-22-47/h1-39H/i29D,30D,31D,32D,33D,34D,35D,36D. The number of aromatic nitrogens is 1. The third-order valence-corrected chi connectivity index (χ3v) is 10.1. The molecule has 1 heterocycles. The fraction of sp³-hybridized carbons (Fsp3) is 0. The molecule has 0 atom stereocenters. The number of para-hydroxylation sites is 5. The molecule has 57 heavy (non-hydrogen) atoms. The van der Waals surface area contributed by atoms with E-state index in [-0.39, 0.29) is 70.8 Å². The second-order valence-electron chi connectivity index (χ2n) is 13.6. The number of rotatable bonds is 9. The second-order valence-corrected chi connectivity index (χ2v) is 13.6. The Hall–Kier alpha value is -7.62. The van der Waals surface area contributed by atoms with Crippen LogP contribution in [-0.4, -0.2) is 4.57 Å². The summed E-state index contributed by atoms with van der Waals surface area (Å²) < 4.78 is 76.7. The van der Waals surface area contributed by atoms with Crippen LogP contribution in [0.3, 0.4) is 0 Å². The minimum atomic E-state index is -0.230. The highest BCUT2D eigenvalue weighted by molar-refractivity contribution is 6.10. The molecule has 10 aromatic rings. The van der Waals surface area contributed by atoms with Crippen molar-refractivity contribution in [3.63, 3.8) is 0 Å². The number of anilines is 6. The molecule has 0 saturated heterocycles. The van der Waals surface area contributed by atoms with Gasteiger partial charge in [0.25, 0.3) is 0 Å². The van der Waals surface area contributed by atoms with E-state index < -0.39 is 0 Å². The smallest absolute Gasteiger partial charge is 0.0645 e. The second kappa shape index (κ2) is 14.9. The van der Waals surface area contributed by atoms with Crippen LogP contribution < -0.4 is 9.80 Å². The van der Waals surface area contributed by atoms with E-state index in [0.717, 1.165) is 27.5 Å². The minimum Gasteiger partial charge on any atom is -0.311 e. The van der Waals surface area contributed by atoms with E-state index in [2.05, 4.69) is 28.8 Å². The van der Waals surface area contributed by atoms with Crippen molar-refractivity contribution in [2.75, 3.05) is 9.80 Å². The number of hydrogen-bond donors (Lipinski definition) is 0. The summed E-state index contributed by atoms with van der Waals surface area (Å²) >= 11 is 0. The van der Waals surface area contributed by atoms with E-state index in [1.165, 1.54) is 0 Å². The lowest BCUT2D eigenvalue weighted by Gasteiger charge is -2.26. The molecule has 10 rings (SSSR count). The summed E-state index contributed by atoms with van der Waals surface area (Å²) in [4.78, 5) is 3.51. The molecule has 0 N–H and O–H groups in total. The molecule has 1 aromatic heterocycles. The van der Waals surface area contributed by atoms with Crippen molar-refractivity contribution in [3.8, 4) is 27.9 Å². The molecule has 0 aliphatic rings. The van der Waals surface area contributed by atoms with E-state index in [0.29, 0.717) is 33.9 Å². The topological polar surface area (TPSA) is 11.4 Å². The van der Waals surface area contributed by atoms with Gasteiger partial charge in [-0.05, 0) is 119 Å². The Morgan fingerprint density at radius 2 is 0.702 bits per heavy atom. The molecule has 0 bridgehead atoms. The van der Waals surface area contributed by atoms with E-state index in [4.69, 9.17) is 2.74 Å².